The molecule has 0 aliphatic carbocycles. The van der Waals surface area contributed by atoms with Gasteiger partial charge in [0.05, 0.1) is 0 Å². The Balaban J connectivity index is 2.70. The summed E-state index contributed by atoms with van der Waals surface area (Å²) >= 11 is 0. The molecule has 0 nitrogen and oxygen atoms in total. The fourth-order valence-corrected chi connectivity index (χ4v) is 0.969. The Morgan fingerprint density at radius 3 is 2.20 bits per heavy atom. The van der Waals surface area contributed by atoms with Crippen molar-refractivity contribution < 1.29 is 0 Å². The van der Waals surface area contributed by atoms with Crippen LogP contribution in [0, 0.1) is 13.5 Å². The summed E-state index contributed by atoms with van der Waals surface area (Å²) in [5.74, 6) is 0. The Labute approximate surface area is 65.3 Å². The maximum atomic E-state index is 5.23. The van der Waals surface area contributed by atoms with Crippen LogP contribution in [0.1, 0.15) is 44.9 Å². The molecule has 0 heteroatoms. The minimum Gasteiger partial charge on any atom is -0.0845 e. The molecule has 0 unspecified atom stereocenters. The van der Waals surface area contributed by atoms with Gasteiger partial charge in [0.15, 0.2) is 0 Å². The highest BCUT2D eigenvalue weighted by Crippen LogP contribution is 2.06. The highest BCUT2D eigenvalue weighted by atomic mass is 13.9. The maximum Gasteiger partial charge on any atom is -0.0348 e. The minimum atomic E-state index is 1.07. The lowest BCUT2D eigenvalue weighted by atomic mass is 10.1. The molecule has 10 heavy (non-hydrogen) atoms. The van der Waals surface area contributed by atoms with E-state index in [9.17, 15) is 0 Å². The van der Waals surface area contributed by atoms with Crippen LogP contribution in [0.15, 0.2) is 6.08 Å². The van der Waals surface area contributed by atoms with Gasteiger partial charge in [-0.1, -0.05) is 51.7 Å². The maximum absolute atomic E-state index is 5.23. The molecule has 0 rings (SSSR count). The van der Waals surface area contributed by atoms with Crippen molar-refractivity contribution in [1.82, 2.24) is 0 Å². The van der Waals surface area contributed by atoms with E-state index >= 15 is 0 Å². The number of hydrogen-bond donors (Lipinski definition) is 0. The van der Waals surface area contributed by atoms with E-state index in [0.717, 1.165) is 12.8 Å². The summed E-state index contributed by atoms with van der Waals surface area (Å²) in [5.41, 5.74) is 0. The predicted molar refractivity (Wildman–Crippen MR) is 46.5 cm³/mol. The summed E-state index contributed by atoms with van der Waals surface area (Å²) in [6.07, 6.45) is 10.5. The molecule has 0 heterocycles. The van der Waals surface area contributed by atoms with E-state index in [0.29, 0.717) is 0 Å². The summed E-state index contributed by atoms with van der Waals surface area (Å²) in [4.78, 5) is 0. The molecule has 0 amide bonds. The van der Waals surface area contributed by atoms with Gasteiger partial charge in [-0.3, -0.25) is 0 Å². The fourth-order valence-electron chi connectivity index (χ4n) is 0.969. The van der Waals surface area contributed by atoms with Gasteiger partial charge >= 0.3 is 0 Å². The molecule has 0 atom stereocenters. The van der Waals surface area contributed by atoms with Crippen molar-refractivity contribution in [1.29, 1.82) is 0 Å². The zero-order valence-corrected chi connectivity index (χ0v) is 6.81. The van der Waals surface area contributed by atoms with Crippen molar-refractivity contribution in [3.63, 3.8) is 0 Å². The number of hydrogen-bond acceptors (Lipinski definition) is 0. The van der Waals surface area contributed by atoms with Gasteiger partial charge in [0, 0.05) is 0 Å². The third-order valence-corrected chi connectivity index (χ3v) is 1.62. The lowest BCUT2D eigenvalue weighted by molar-refractivity contribution is 0.621. The Bertz CT molecular complexity index is 64.4. The van der Waals surface area contributed by atoms with Crippen molar-refractivity contribution in [3.05, 3.63) is 19.6 Å². The lowest BCUT2D eigenvalue weighted by Gasteiger charge is -1.96. The first-order chi connectivity index (χ1) is 4.91. The van der Waals surface area contributed by atoms with Gasteiger partial charge in [0.2, 0.25) is 0 Å². The molecule has 0 aromatic heterocycles. The summed E-state index contributed by atoms with van der Waals surface area (Å²) in [6, 6.07) is 0. The minimum absolute atomic E-state index is 1.07. The van der Waals surface area contributed by atoms with Crippen LogP contribution < -0.4 is 0 Å². The van der Waals surface area contributed by atoms with Crippen LogP contribution in [0.3, 0.4) is 0 Å². The molecule has 0 bridgehead atoms. The van der Waals surface area contributed by atoms with Crippen LogP contribution in [-0.2, 0) is 0 Å². The Morgan fingerprint density at radius 2 is 1.60 bits per heavy atom. The third kappa shape index (κ3) is 7.74. The van der Waals surface area contributed by atoms with Gasteiger partial charge in [0.1, 0.15) is 0 Å². The van der Waals surface area contributed by atoms with Crippen molar-refractivity contribution in [2.75, 3.05) is 0 Å². The molecule has 0 spiro atoms. The average molecular weight is 138 g/mol. The normalized spacial score (nSPS) is 9.70. The van der Waals surface area contributed by atoms with Crippen molar-refractivity contribution in [3.8, 4) is 0 Å². The first-order valence-electron chi connectivity index (χ1n) is 4.24. The molecule has 58 valence electrons. The molecule has 0 aliphatic heterocycles. The van der Waals surface area contributed by atoms with E-state index < -0.39 is 0 Å². The second kappa shape index (κ2) is 8.74. The van der Waals surface area contributed by atoms with E-state index in [1.165, 1.54) is 32.1 Å². The molecule has 0 fully saturated rings. The van der Waals surface area contributed by atoms with Gasteiger partial charge in [0.25, 0.3) is 0 Å². The predicted octanol–water partition coefficient (Wildman–Crippen LogP) is 3.54. The van der Waals surface area contributed by atoms with E-state index in [1.807, 2.05) is 0 Å². The van der Waals surface area contributed by atoms with E-state index in [-0.39, 0.29) is 0 Å². The van der Waals surface area contributed by atoms with Crippen molar-refractivity contribution in [2.45, 2.75) is 44.9 Å². The smallest absolute Gasteiger partial charge is 0.0348 e. The van der Waals surface area contributed by atoms with E-state index in [2.05, 4.69) is 6.92 Å². The summed E-state index contributed by atoms with van der Waals surface area (Å²) in [5, 5.41) is 0. The molecule has 2 radical (unpaired) electrons. The van der Waals surface area contributed by atoms with Crippen LogP contribution in [0.2, 0.25) is 0 Å². The molecule has 0 aliphatic rings. The highest BCUT2D eigenvalue weighted by molar-refractivity contribution is 4.61. The second-order valence-corrected chi connectivity index (χ2v) is 2.65. The first-order valence-corrected chi connectivity index (χ1v) is 4.24. The quantitative estimate of drug-likeness (QED) is 0.472. The molecule has 0 saturated heterocycles. The molecule has 0 saturated carbocycles. The van der Waals surface area contributed by atoms with Crippen LogP contribution in [0.5, 0.6) is 0 Å². The molecule has 0 aromatic carbocycles. The molecular formula is C10H18. The number of rotatable bonds is 7. The van der Waals surface area contributed by atoms with Gasteiger partial charge in [-0.15, -0.1) is 0 Å². The standard InChI is InChI=1S/C10H18/c1-3-5-7-9-10-8-6-4-2/h1,3H,2,4-10H2. The molecule has 0 aromatic rings. The molecular weight excluding hydrogens is 120 g/mol. The van der Waals surface area contributed by atoms with E-state index in [1.54, 1.807) is 6.08 Å². The lowest BCUT2D eigenvalue weighted by Crippen LogP contribution is -1.76. The van der Waals surface area contributed by atoms with Crippen LogP contribution in [-0.4, -0.2) is 0 Å². The summed E-state index contributed by atoms with van der Waals surface area (Å²) < 4.78 is 0. The largest absolute Gasteiger partial charge is 0.0845 e. The zero-order chi connectivity index (χ0) is 7.66. The van der Waals surface area contributed by atoms with Gasteiger partial charge in [-0.2, -0.15) is 0 Å². The van der Waals surface area contributed by atoms with Crippen molar-refractivity contribution in [2.24, 2.45) is 0 Å². The second-order valence-electron chi connectivity index (χ2n) is 2.65. The SMILES string of the molecule is [CH]=CCCCCCCC[CH2]. The van der Waals surface area contributed by atoms with E-state index in [4.69, 9.17) is 6.58 Å². The highest BCUT2D eigenvalue weighted by Gasteiger charge is 1.86. The third-order valence-electron chi connectivity index (χ3n) is 1.62. The molecule has 0 N–H and O–H groups in total. The topological polar surface area (TPSA) is 0 Å². The van der Waals surface area contributed by atoms with Gasteiger partial charge in [-0.05, 0) is 12.8 Å². The number of allylic oxidation sites excluding steroid dienone is 1. The van der Waals surface area contributed by atoms with Gasteiger partial charge in [-0.25, -0.2) is 0 Å². The van der Waals surface area contributed by atoms with Crippen molar-refractivity contribution >= 4 is 0 Å². The first kappa shape index (κ1) is 9.74. The van der Waals surface area contributed by atoms with Gasteiger partial charge < -0.3 is 0 Å². The summed E-state index contributed by atoms with van der Waals surface area (Å²) in [7, 11) is 0. The zero-order valence-electron chi connectivity index (χ0n) is 6.81. The van der Waals surface area contributed by atoms with Crippen LogP contribution in [0.25, 0.3) is 0 Å². The van der Waals surface area contributed by atoms with Crippen LogP contribution >= 0.6 is 0 Å². The monoisotopic (exact) mass is 138 g/mol. The van der Waals surface area contributed by atoms with Crippen LogP contribution in [0.4, 0.5) is 0 Å². The Kier molecular flexibility index (Phi) is 8.51. The Morgan fingerprint density at radius 1 is 1.00 bits per heavy atom. The number of unbranched alkanes of at least 4 members (excludes halogenated alkanes) is 6. The Hall–Kier alpha value is -0.260. The fraction of sp³-hybridized carbons (Fsp3) is 0.700. The summed E-state index contributed by atoms with van der Waals surface area (Å²) in [6.45, 7) is 9.03. The average Bonchev–Trinajstić information content (AvgIpc) is 1.97.